The third-order valence-electron chi connectivity index (χ3n) is 3.85. The van der Waals surface area contributed by atoms with Crippen LogP contribution in [0, 0.1) is 5.82 Å². The van der Waals surface area contributed by atoms with Gasteiger partial charge in [0.05, 0.1) is 4.91 Å². The molecular formula is C19H13FN2O6S. The number of aromatic hydroxyl groups is 1. The Hall–Kier alpha value is -3.66. The lowest BCUT2D eigenvalue weighted by Crippen LogP contribution is -2.36. The molecule has 10 heteroatoms. The maximum absolute atomic E-state index is 13.0. The fourth-order valence-electron chi connectivity index (χ4n) is 2.48. The van der Waals surface area contributed by atoms with E-state index in [0.717, 1.165) is 17.0 Å². The first-order valence-corrected chi connectivity index (χ1v) is 8.93. The van der Waals surface area contributed by atoms with Gasteiger partial charge in [-0.1, -0.05) is 12.1 Å². The number of amides is 3. The van der Waals surface area contributed by atoms with Crippen LogP contribution in [0.5, 0.6) is 5.75 Å². The summed E-state index contributed by atoms with van der Waals surface area (Å²) in [7, 11) is 0. The number of nitrogens with zero attached hydrogens (tertiary/aromatic N) is 1. The number of hydrogen-bond donors (Lipinski definition) is 3. The summed E-state index contributed by atoms with van der Waals surface area (Å²) < 4.78 is 13.0. The predicted octanol–water partition coefficient (Wildman–Crippen LogP) is 2.90. The summed E-state index contributed by atoms with van der Waals surface area (Å²) in [6, 6.07) is 8.75. The lowest BCUT2D eigenvalue weighted by atomic mass is 10.2. The van der Waals surface area contributed by atoms with Crippen molar-refractivity contribution in [2.75, 3.05) is 11.9 Å². The Kier molecular flexibility index (Phi) is 5.64. The number of carbonyl (C=O) groups excluding carboxylic acids is 3. The van der Waals surface area contributed by atoms with Crippen LogP contribution in [0.25, 0.3) is 6.08 Å². The fraction of sp³-hybridized carbons (Fsp3) is 0.0526. The number of carboxylic acid groups (broad SMARTS) is 1. The van der Waals surface area contributed by atoms with Gasteiger partial charge in [-0.3, -0.25) is 19.3 Å². The van der Waals surface area contributed by atoms with E-state index in [2.05, 4.69) is 5.32 Å². The Bertz CT molecular complexity index is 1050. The van der Waals surface area contributed by atoms with Gasteiger partial charge in [-0.25, -0.2) is 9.18 Å². The number of rotatable bonds is 5. The number of imide groups is 1. The molecule has 0 atom stereocenters. The van der Waals surface area contributed by atoms with Crippen molar-refractivity contribution in [3.05, 3.63) is 64.3 Å². The van der Waals surface area contributed by atoms with E-state index in [1.165, 1.54) is 36.4 Å². The van der Waals surface area contributed by atoms with Crippen molar-refractivity contribution in [3.8, 4) is 5.75 Å². The lowest BCUT2D eigenvalue weighted by Gasteiger charge is -2.13. The van der Waals surface area contributed by atoms with Crippen molar-refractivity contribution in [2.45, 2.75) is 0 Å². The molecule has 1 heterocycles. The van der Waals surface area contributed by atoms with Crippen molar-refractivity contribution >= 4 is 46.5 Å². The second kappa shape index (κ2) is 8.15. The van der Waals surface area contributed by atoms with Gasteiger partial charge in [0.1, 0.15) is 23.7 Å². The van der Waals surface area contributed by atoms with Crippen LogP contribution in [0.1, 0.15) is 15.9 Å². The van der Waals surface area contributed by atoms with Crippen molar-refractivity contribution in [1.82, 2.24) is 4.90 Å². The van der Waals surface area contributed by atoms with Crippen molar-refractivity contribution < 1.29 is 33.8 Å². The van der Waals surface area contributed by atoms with Crippen molar-refractivity contribution in [1.29, 1.82) is 0 Å². The molecule has 3 N–H and O–H groups in total. The van der Waals surface area contributed by atoms with Crippen molar-refractivity contribution in [3.63, 3.8) is 0 Å². The number of benzene rings is 2. The van der Waals surface area contributed by atoms with E-state index in [0.29, 0.717) is 17.3 Å². The zero-order chi connectivity index (χ0) is 21.1. The Morgan fingerprint density at radius 3 is 2.45 bits per heavy atom. The van der Waals surface area contributed by atoms with Gasteiger partial charge in [-0.15, -0.1) is 0 Å². The first-order valence-electron chi connectivity index (χ1n) is 8.11. The molecule has 0 saturated carbocycles. The number of nitrogens with one attached hydrogen (secondary N) is 1. The van der Waals surface area contributed by atoms with Crippen molar-refractivity contribution in [2.24, 2.45) is 0 Å². The normalized spacial score (nSPS) is 15.1. The van der Waals surface area contributed by atoms with Gasteiger partial charge in [-0.2, -0.15) is 0 Å². The summed E-state index contributed by atoms with van der Waals surface area (Å²) in [5.74, 6) is -3.68. The number of carboxylic acids is 1. The molecule has 2 aromatic carbocycles. The molecule has 1 aliphatic heterocycles. The van der Waals surface area contributed by atoms with Gasteiger partial charge in [0.2, 0.25) is 5.91 Å². The summed E-state index contributed by atoms with van der Waals surface area (Å²) in [5.41, 5.74) is 0.293. The molecule has 148 valence electrons. The molecule has 0 spiro atoms. The molecule has 0 aliphatic carbocycles. The molecule has 1 saturated heterocycles. The third-order valence-corrected chi connectivity index (χ3v) is 4.76. The fourth-order valence-corrected chi connectivity index (χ4v) is 3.32. The molecule has 0 bridgehead atoms. The molecule has 1 aliphatic rings. The first-order chi connectivity index (χ1) is 13.7. The quantitative estimate of drug-likeness (QED) is 0.640. The minimum atomic E-state index is -1.33. The summed E-state index contributed by atoms with van der Waals surface area (Å²) in [6.45, 7) is -0.563. The maximum atomic E-state index is 13.0. The van der Waals surface area contributed by atoms with E-state index < -0.39 is 41.1 Å². The van der Waals surface area contributed by atoms with Gasteiger partial charge in [-0.05, 0) is 47.7 Å². The smallest absolute Gasteiger partial charge is 0.339 e. The average molecular weight is 416 g/mol. The standard InChI is InChI=1S/C19H13FN2O6S/c20-11-3-1-10(2-4-11)7-15-17(25)22(19(28)29-15)9-16(24)21-12-5-6-13(18(26)27)14(23)8-12/h1-8,23H,9H2,(H,21,24)(H,26,27)/b15-7-. The Morgan fingerprint density at radius 1 is 1.14 bits per heavy atom. The Labute approximate surface area is 167 Å². The summed E-state index contributed by atoms with van der Waals surface area (Å²) >= 11 is 0.656. The summed E-state index contributed by atoms with van der Waals surface area (Å²) in [6.07, 6.45) is 1.42. The number of thioether (sulfide) groups is 1. The van der Waals surface area contributed by atoms with Crippen LogP contribution in [-0.4, -0.2) is 44.7 Å². The van der Waals surface area contributed by atoms with E-state index in [9.17, 15) is 28.7 Å². The minimum Gasteiger partial charge on any atom is -0.507 e. The van der Waals surface area contributed by atoms with E-state index in [4.69, 9.17) is 5.11 Å². The number of halogens is 1. The number of carbonyl (C=O) groups is 4. The van der Waals surface area contributed by atoms with E-state index >= 15 is 0 Å². The van der Waals surface area contributed by atoms with Crippen LogP contribution in [0.4, 0.5) is 14.9 Å². The molecular weight excluding hydrogens is 403 g/mol. The van der Waals surface area contributed by atoms with Crippen LogP contribution in [0.2, 0.25) is 0 Å². The van der Waals surface area contributed by atoms with Gasteiger partial charge >= 0.3 is 5.97 Å². The Balaban J connectivity index is 1.68. The molecule has 0 aromatic heterocycles. The highest BCUT2D eigenvalue weighted by molar-refractivity contribution is 8.18. The molecule has 3 amide bonds. The highest BCUT2D eigenvalue weighted by atomic mass is 32.2. The zero-order valence-corrected chi connectivity index (χ0v) is 15.4. The predicted molar refractivity (Wildman–Crippen MR) is 103 cm³/mol. The Morgan fingerprint density at radius 2 is 1.83 bits per heavy atom. The number of phenols is 1. The summed E-state index contributed by atoms with van der Waals surface area (Å²) in [4.78, 5) is 48.4. The van der Waals surface area contributed by atoms with Gasteiger partial charge in [0.15, 0.2) is 0 Å². The SMILES string of the molecule is O=C(CN1C(=O)S/C(=C\c2ccc(F)cc2)C1=O)Nc1ccc(C(=O)O)c(O)c1. The highest BCUT2D eigenvalue weighted by Crippen LogP contribution is 2.32. The molecule has 3 rings (SSSR count). The zero-order valence-electron chi connectivity index (χ0n) is 14.6. The van der Waals surface area contributed by atoms with Gasteiger partial charge in [0, 0.05) is 11.8 Å². The maximum Gasteiger partial charge on any atom is 0.339 e. The van der Waals surface area contributed by atoms with Crippen LogP contribution < -0.4 is 5.32 Å². The minimum absolute atomic E-state index is 0.0952. The van der Waals surface area contributed by atoms with E-state index in [1.54, 1.807) is 0 Å². The highest BCUT2D eigenvalue weighted by Gasteiger charge is 2.36. The molecule has 1 fully saturated rings. The van der Waals surface area contributed by atoms with E-state index in [-0.39, 0.29) is 16.2 Å². The molecule has 2 aromatic rings. The number of aromatic carboxylic acids is 1. The number of anilines is 1. The van der Waals surface area contributed by atoms with E-state index in [1.807, 2.05) is 0 Å². The first kappa shape index (κ1) is 20.1. The van der Waals surface area contributed by atoms with Crippen LogP contribution >= 0.6 is 11.8 Å². The average Bonchev–Trinajstić information content (AvgIpc) is 2.90. The van der Waals surface area contributed by atoms with Gasteiger partial charge in [0.25, 0.3) is 11.1 Å². The lowest BCUT2D eigenvalue weighted by molar-refractivity contribution is -0.127. The molecule has 8 nitrogen and oxygen atoms in total. The third kappa shape index (κ3) is 4.61. The van der Waals surface area contributed by atoms with Gasteiger partial charge < -0.3 is 15.5 Å². The number of hydrogen-bond acceptors (Lipinski definition) is 6. The molecule has 29 heavy (non-hydrogen) atoms. The van der Waals surface area contributed by atoms with Crippen LogP contribution in [-0.2, 0) is 9.59 Å². The second-order valence-electron chi connectivity index (χ2n) is 5.90. The second-order valence-corrected chi connectivity index (χ2v) is 6.90. The summed E-state index contributed by atoms with van der Waals surface area (Å²) in [5, 5.41) is 20.3. The largest absolute Gasteiger partial charge is 0.507 e. The molecule has 0 unspecified atom stereocenters. The van der Waals surface area contributed by atoms with Crippen LogP contribution in [0.15, 0.2) is 47.4 Å². The molecule has 0 radical (unpaired) electrons. The monoisotopic (exact) mass is 416 g/mol. The van der Waals surface area contributed by atoms with Crippen LogP contribution in [0.3, 0.4) is 0 Å². The topological polar surface area (TPSA) is 124 Å².